The highest BCUT2D eigenvalue weighted by atomic mass is 35.5. The molecule has 3 rings (SSSR count). The number of alkyl halides is 3. The first-order chi connectivity index (χ1) is 15.9. The largest absolute Gasteiger partial charge is 0.418 e. The summed E-state index contributed by atoms with van der Waals surface area (Å²) in [6.45, 7) is -0.990. The van der Waals surface area contributed by atoms with E-state index in [1.165, 1.54) is 30.3 Å². The number of hydrogen-bond acceptors (Lipinski definition) is 3. The number of halogens is 6. The average Bonchev–Trinajstić information content (AvgIpc) is 2.75. The number of rotatable bonds is 7. The lowest BCUT2D eigenvalue weighted by molar-refractivity contribution is -0.137. The van der Waals surface area contributed by atoms with Crippen LogP contribution in [0.5, 0.6) is 0 Å². The van der Waals surface area contributed by atoms with Crippen molar-refractivity contribution < 1.29 is 26.4 Å². The van der Waals surface area contributed by atoms with Crippen LogP contribution in [-0.2, 0) is 27.5 Å². The number of anilines is 1. The number of carbonyl (C=O) groups is 1. The molecule has 0 saturated heterocycles. The zero-order valence-corrected chi connectivity index (χ0v) is 20.2. The van der Waals surface area contributed by atoms with Crippen molar-refractivity contribution in [3.63, 3.8) is 0 Å². The minimum absolute atomic E-state index is 0.138. The number of amides is 1. The summed E-state index contributed by atoms with van der Waals surface area (Å²) >= 11 is 17.4. The number of benzene rings is 3. The zero-order valence-electron chi connectivity index (χ0n) is 17.1. The Morgan fingerprint density at radius 1 is 0.853 bits per heavy atom. The van der Waals surface area contributed by atoms with Gasteiger partial charge in [0.1, 0.15) is 0 Å². The topological polar surface area (TPSA) is 66.5 Å². The van der Waals surface area contributed by atoms with E-state index in [4.69, 9.17) is 34.8 Å². The van der Waals surface area contributed by atoms with Gasteiger partial charge in [-0.1, -0.05) is 46.9 Å². The van der Waals surface area contributed by atoms with E-state index in [9.17, 15) is 26.4 Å². The minimum Gasteiger partial charge on any atom is -0.324 e. The molecule has 3 aromatic rings. The normalized spacial score (nSPS) is 12.1. The highest BCUT2D eigenvalue weighted by molar-refractivity contribution is 7.89. The quantitative estimate of drug-likeness (QED) is 0.365. The first-order valence-corrected chi connectivity index (χ1v) is 12.1. The van der Waals surface area contributed by atoms with E-state index in [1.807, 2.05) is 0 Å². The Hall–Kier alpha value is -2.30. The van der Waals surface area contributed by atoms with Gasteiger partial charge < -0.3 is 5.32 Å². The lowest BCUT2D eigenvalue weighted by Gasteiger charge is -2.23. The van der Waals surface area contributed by atoms with Crippen LogP contribution in [0.15, 0.2) is 71.6 Å². The molecule has 0 radical (unpaired) electrons. The predicted molar refractivity (Wildman–Crippen MR) is 126 cm³/mol. The van der Waals surface area contributed by atoms with Gasteiger partial charge in [-0.25, -0.2) is 8.42 Å². The first-order valence-electron chi connectivity index (χ1n) is 9.53. The zero-order chi connectivity index (χ0) is 25.1. The lowest BCUT2D eigenvalue weighted by Crippen LogP contribution is -2.37. The summed E-state index contributed by atoms with van der Waals surface area (Å²) in [5.74, 6) is -0.973. The average molecular weight is 552 g/mol. The van der Waals surface area contributed by atoms with E-state index in [0.29, 0.717) is 21.7 Å². The van der Waals surface area contributed by atoms with Crippen LogP contribution in [0, 0.1) is 0 Å². The predicted octanol–water partition coefficient (Wildman–Crippen LogP) is 6.50. The molecule has 0 aliphatic heterocycles. The van der Waals surface area contributed by atoms with Crippen LogP contribution in [0.2, 0.25) is 15.1 Å². The highest BCUT2D eigenvalue weighted by Crippen LogP contribution is 2.36. The summed E-state index contributed by atoms with van der Waals surface area (Å²) in [6.07, 6.45) is -4.79. The van der Waals surface area contributed by atoms with Crippen LogP contribution in [0.25, 0.3) is 0 Å². The van der Waals surface area contributed by atoms with Gasteiger partial charge in [0.05, 0.1) is 22.7 Å². The van der Waals surface area contributed by atoms with Crippen LogP contribution in [0.3, 0.4) is 0 Å². The Morgan fingerprint density at radius 3 is 1.94 bits per heavy atom. The molecule has 0 unspecified atom stereocenters. The van der Waals surface area contributed by atoms with E-state index >= 15 is 0 Å². The summed E-state index contributed by atoms with van der Waals surface area (Å²) in [5.41, 5.74) is -1.19. The second kappa shape index (κ2) is 10.5. The van der Waals surface area contributed by atoms with Gasteiger partial charge in [-0.2, -0.15) is 17.5 Å². The van der Waals surface area contributed by atoms with Crippen molar-refractivity contribution in [3.05, 3.63) is 92.9 Å². The third-order valence-electron chi connectivity index (χ3n) is 4.60. The number of hydrogen-bond donors (Lipinski definition) is 1. The van der Waals surface area contributed by atoms with Crippen LogP contribution in [0.1, 0.15) is 11.1 Å². The molecule has 34 heavy (non-hydrogen) atoms. The third-order valence-corrected chi connectivity index (χ3v) is 7.15. The number of sulfonamides is 1. The molecule has 0 fully saturated rings. The van der Waals surface area contributed by atoms with Gasteiger partial charge >= 0.3 is 6.18 Å². The monoisotopic (exact) mass is 550 g/mol. The second-order valence-electron chi connectivity index (χ2n) is 7.09. The Bertz CT molecular complexity index is 1280. The lowest BCUT2D eigenvalue weighted by atomic mass is 10.1. The SMILES string of the molecule is O=C(CN(Cc1ccc(Cl)cc1)S(=O)(=O)c1ccc(Cl)cc1)Nc1ccc(Cl)cc1C(F)(F)F. The fraction of sp³-hybridized carbons (Fsp3) is 0.136. The molecule has 0 atom stereocenters. The summed E-state index contributed by atoms with van der Waals surface area (Å²) in [7, 11) is -4.22. The molecule has 5 nitrogen and oxygen atoms in total. The fourth-order valence-electron chi connectivity index (χ4n) is 2.98. The van der Waals surface area contributed by atoms with Crippen molar-refractivity contribution in [2.24, 2.45) is 0 Å². The molecule has 0 heterocycles. The fourth-order valence-corrected chi connectivity index (χ4v) is 4.79. The standard InChI is InChI=1S/C22H16Cl3F3N2O3S/c23-15-3-1-14(2-4-15)12-30(34(32,33)18-8-5-16(24)6-9-18)13-21(31)29-20-10-7-17(25)11-19(20)22(26,27)28/h1-11H,12-13H2,(H,29,31). The third kappa shape index (κ3) is 6.64. The Balaban J connectivity index is 1.92. The van der Waals surface area contributed by atoms with Crippen molar-refractivity contribution in [1.29, 1.82) is 0 Å². The molecule has 3 aromatic carbocycles. The van der Waals surface area contributed by atoms with Gasteiger partial charge in [-0.15, -0.1) is 0 Å². The molecular weight excluding hydrogens is 536 g/mol. The summed E-state index contributed by atoms with van der Waals surface area (Å²) in [6, 6.07) is 14.4. The van der Waals surface area contributed by atoms with Crippen molar-refractivity contribution in [2.45, 2.75) is 17.6 Å². The Kier molecular flexibility index (Phi) is 8.15. The van der Waals surface area contributed by atoms with Crippen LogP contribution in [0.4, 0.5) is 18.9 Å². The molecule has 0 bridgehead atoms. The van der Waals surface area contributed by atoms with E-state index in [2.05, 4.69) is 5.32 Å². The maximum atomic E-state index is 13.4. The molecule has 180 valence electrons. The summed E-state index contributed by atoms with van der Waals surface area (Å²) in [4.78, 5) is 12.6. The van der Waals surface area contributed by atoms with Crippen molar-refractivity contribution in [1.82, 2.24) is 4.31 Å². The highest BCUT2D eigenvalue weighted by Gasteiger charge is 2.35. The van der Waals surface area contributed by atoms with E-state index in [-0.39, 0.29) is 16.5 Å². The first kappa shape index (κ1) is 26.3. The minimum atomic E-state index is -4.79. The molecule has 0 aliphatic carbocycles. The van der Waals surface area contributed by atoms with Gasteiger partial charge in [0.25, 0.3) is 0 Å². The maximum absolute atomic E-state index is 13.4. The van der Waals surface area contributed by atoms with E-state index < -0.39 is 39.9 Å². The molecule has 0 saturated carbocycles. The van der Waals surface area contributed by atoms with Gasteiger partial charge in [-0.3, -0.25) is 4.79 Å². The van der Waals surface area contributed by atoms with E-state index in [1.54, 1.807) is 24.3 Å². The van der Waals surface area contributed by atoms with Crippen molar-refractivity contribution >= 4 is 56.4 Å². The van der Waals surface area contributed by atoms with Gasteiger partial charge in [0, 0.05) is 21.6 Å². The Labute approximate surface area is 209 Å². The van der Waals surface area contributed by atoms with Crippen LogP contribution >= 0.6 is 34.8 Å². The van der Waals surface area contributed by atoms with Crippen molar-refractivity contribution in [2.75, 3.05) is 11.9 Å². The smallest absolute Gasteiger partial charge is 0.324 e. The van der Waals surface area contributed by atoms with Crippen LogP contribution < -0.4 is 5.32 Å². The van der Waals surface area contributed by atoms with Gasteiger partial charge in [0.15, 0.2) is 0 Å². The molecular formula is C22H16Cl3F3N2O3S. The van der Waals surface area contributed by atoms with Crippen LogP contribution in [-0.4, -0.2) is 25.2 Å². The summed E-state index contributed by atoms with van der Waals surface area (Å²) < 4.78 is 67.5. The van der Waals surface area contributed by atoms with Gasteiger partial charge in [-0.05, 0) is 60.2 Å². The molecule has 1 N–H and O–H groups in total. The summed E-state index contributed by atoms with van der Waals surface area (Å²) in [5, 5.41) is 2.71. The Morgan fingerprint density at radius 2 is 1.38 bits per heavy atom. The number of carbonyl (C=O) groups excluding carboxylic acids is 1. The molecule has 0 aromatic heterocycles. The number of nitrogens with zero attached hydrogens (tertiary/aromatic N) is 1. The molecule has 0 aliphatic rings. The molecule has 0 spiro atoms. The van der Waals surface area contributed by atoms with Gasteiger partial charge in [0.2, 0.25) is 15.9 Å². The van der Waals surface area contributed by atoms with Crippen molar-refractivity contribution in [3.8, 4) is 0 Å². The van der Waals surface area contributed by atoms with E-state index in [0.717, 1.165) is 10.4 Å². The second-order valence-corrected chi connectivity index (χ2v) is 10.3. The molecule has 1 amide bonds. The number of nitrogens with one attached hydrogen (secondary N) is 1. The maximum Gasteiger partial charge on any atom is 0.418 e. The molecule has 12 heteroatoms.